The van der Waals surface area contributed by atoms with E-state index in [0.29, 0.717) is 54.3 Å². The zero-order valence-electron chi connectivity index (χ0n) is 29.7. The first kappa shape index (κ1) is 37.1. The van der Waals surface area contributed by atoms with Crippen LogP contribution in [0.1, 0.15) is 53.4 Å². The van der Waals surface area contributed by atoms with Crippen molar-refractivity contribution < 1.29 is 31.6 Å². The first-order valence-electron chi connectivity index (χ1n) is 17.5. The van der Waals surface area contributed by atoms with Gasteiger partial charge in [0.25, 0.3) is 0 Å². The fourth-order valence-electron chi connectivity index (χ4n) is 6.24. The Kier molecular flexibility index (Phi) is 11.3. The van der Waals surface area contributed by atoms with Crippen molar-refractivity contribution in [1.82, 2.24) is 19.5 Å². The van der Waals surface area contributed by atoms with E-state index in [1.807, 2.05) is 86.0 Å². The highest BCUT2D eigenvalue weighted by Crippen LogP contribution is 2.37. The number of hydrogen-bond acceptors (Lipinski definition) is 9. The molecule has 1 aliphatic heterocycles. The van der Waals surface area contributed by atoms with Gasteiger partial charge in [0.1, 0.15) is 17.2 Å². The van der Waals surface area contributed by atoms with Crippen LogP contribution in [0.2, 0.25) is 0 Å². The third-order valence-electron chi connectivity index (χ3n) is 8.46. The molecule has 0 radical (unpaired) electrons. The predicted octanol–water partition coefficient (Wildman–Crippen LogP) is 6.69. The van der Waals surface area contributed by atoms with Gasteiger partial charge in [-0.2, -0.15) is 0 Å². The number of hydrogen-bond donors (Lipinski definition) is 0. The maximum atomic E-state index is 14.1. The van der Waals surface area contributed by atoms with Crippen LogP contribution in [0.25, 0.3) is 34.0 Å². The number of sulfone groups is 1. The van der Waals surface area contributed by atoms with Crippen LogP contribution in [0.15, 0.2) is 102 Å². The summed E-state index contributed by atoms with van der Waals surface area (Å²) in [5.74, 6) is -0.226. The molecule has 52 heavy (non-hydrogen) atoms. The van der Waals surface area contributed by atoms with Gasteiger partial charge < -0.3 is 18.6 Å². The lowest BCUT2D eigenvalue weighted by Gasteiger charge is -2.35. The third kappa shape index (κ3) is 9.01. The number of aromatic nitrogens is 4. The molecule has 6 rings (SSSR count). The van der Waals surface area contributed by atoms with E-state index in [0.717, 1.165) is 11.0 Å². The zero-order chi connectivity index (χ0) is 36.9. The van der Waals surface area contributed by atoms with Crippen LogP contribution in [0, 0.1) is 5.82 Å². The molecule has 10 nitrogen and oxygen atoms in total. The Bertz CT molecular complexity index is 2090. The molecule has 0 N–H and O–H groups in total. The second kappa shape index (κ2) is 15.9. The smallest absolute Gasteiger partial charge is 0.460 e. The topological polar surface area (TPSA) is 122 Å². The molecule has 2 unspecified atom stereocenters. The van der Waals surface area contributed by atoms with E-state index in [9.17, 15) is 17.6 Å². The molecule has 0 amide bonds. The van der Waals surface area contributed by atoms with Crippen molar-refractivity contribution in [2.24, 2.45) is 0 Å². The number of benzene rings is 3. The van der Waals surface area contributed by atoms with Crippen molar-refractivity contribution in [3.05, 3.63) is 103 Å². The van der Waals surface area contributed by atoms with Gasteiger partial charge in [-0.15, -0.1) is 0 Å². The van der Waals surface area contributed by atoms with Gasteiger partial charge in [0, 0.05) is 30.0 Å². The molecular weight excluding hydrogens is 682 g/mol. The van der Waals surface area contributed by atoms with E-state index in [1.165, 1.54) is 18.3 Å². The number of ether oxygens (including phenoxy) is 1. The molecule has 0 spiro atoms. The Morgan fingerprint density at radius 1 is 0.923 bits per heavy atom. The minimum absolute atomic E-state index is 0.0662. The molecule has 3 aromatic carbocycles. The molecule has 5 aromatic rings. The van der Waals surface area contributed by atoms with Crippen LogP contribution in [0.5, 0.6) is 0 Å². The van der Waals surface area contributed by atoms with E-state index >= 15 is 0 Å². The highest BCUT2D eigenvalue weighted by molar-refractivity contribution is 7.91. The number of rotatable bonds is 12. The van der Waals surface area contributed by atoms with Gasteiger partial charge in [0.15, 0.2) is 0 Å². The van der Waals surface area contributed by atoms with E-state index in [4.69, 9.17) is 19.0 Å². The maximum Gasteiger partial charge on any atom is 0.494 e. The second-order valence-electron chi connectivity index (χ2n) is 13.8. The van der Waals surface area contributed by atoms with Crippen molar-refractivity contribution in [3.63, 3.8) is 0 Å². The van der Waals surface area contributed by atoms with Gasteiger partial charge in [-0.3, -0.25) is 4.79 Å². The lowest BCUT2D eigenvalue weighted by Crippen LogP contribution is -2.49. The summed E-state index contributed by atoms with van der Waals surface area (Å²) in [7, 11) is -4.45. The van der Waals surface area contributed by atoms with Crippen molar-refractivity contribution in [1.29, 1.82) is 0 Å². The number of esters is 1. The maximum absolute atomic E-state index is 14.1. The molecule has 0 bridgehead atoms. The quantitative estimate of drug-likeness (QED) is 0.0787. The Labute approximate surface area is 304 Å². The Morgan fingerprint density at radius 2 is 1.60 bits per heavy atom. The summed E-state index contributed by atoms with van der Waals surface area (Å²) >= 11 is 0. The fourth-order valence-corrected chi connectivity index (χ4v) is 7.42. The Morgan fingerprint density at radius 3 is 2.27 bits per heavy atom. The van der Waals surface area contributed by atoms with Crippen LogP contribution in [0.4, 0.5) is 4.39 Å². The number of imidazole rings is 1. The highest BCUT2D eigenvalue weighted by atomic mass is 32.2. The average Bonchev–Trinajstić information content (AvgIpc) is 3.50. The summed E-state index contributed by atoms with van der Waals surface area (Å²) in [6.07, 6.45) is 2.03. The summed E-state index contributed by atoms with van der Waals surface area (Å²) in [5.41, 5.74) is 3.07. The average molecular weight is 725 g/mol. The highest BCUT2D eigenvalue weighted by Gasteiger charge is 2.37. The van der Waals surface area contributed by atoms with Crippen molar-refractivity contribution >= 4 is 28.4 Å². The van der Waals surface area contributed by atoms with E-state index in [1.54, 1.807) is 25.1 Å². The van der Waals surface area contributed by atoms with Crippen molar-refractivity contribution in [2.75, 3.05) is 5.75 Å². The largest absolute Gasteiger partial charge is 0.494 e. The molecule has 2 aromatic heterocycles. The normalized spacial score (nSPS) is 16.5. The Balaban J connectivity index is 1.42. The molecule has 2 atom stereocenters. The van der Waals surface area contributed by atoms with Gasteiger partial charge in [0.05, 0.1) is 35.4 Å². The molecule has 3 heterocycles. The first-order valence-corrected chi connectivity index (χ1v) is 19.1. The minimum Gasteiger partial charge on any atom is -0.460 e. The predicted molar refractivity (Wildman–Crippen MR) is 198 cm³/mol. The van der Waals surface area contributed by atoms with Crippen LogP contribution in [0.3, 0.4) is 0 Å². The van der Waals surface area contributed by atoms with Crippen LogP contribution >= 0.6 is 0 Å². The van der Waals surface area contributed by atoms with E-state index in [-0.39, 0.29) is 29.4 Å². The van der Waals surface area contributed by atoms with Crippen molar-refractivity contribution in [3.8, 4) is 34.0 Å². The van der Waals surface area contributed by atoms with E-state index in [2.05, 4.69) is 9.97 Å². The van der Waals surface area contributed by atoms with E-state index < -0.39 is 34.5 Å². The van der Waals surface area contributed by atoms with Gasteiger partial charge in [-0.05, 0) is 75.8 Å². The summed E-state index contributed by atoms with van der Waals surface area (Å²) in [5, 5.41) is -0.269. The van der Waals surface area contributed by atoms with Gasteiger partial charge >= 0.3 is 13.1 Å². The van der Waals surface area contributed by atoms with Crippen LogP contribution < -0.4 is 5.46 Å². The summed E-state index contributed by atoms with van der Waals surface area (Å²) in [6.45, 7) is 7.66. The van der Waals surface area contributed by atoms with Gasteiger partial charge in [-0.25, -0.2) is 27.8 Å². The van der Waals surface area contributed by atoms with Gasteiger partial charge in [-0.1, -0.05) is 67.6 Å². The number of nitrogens with zero attached hydrogens (tertiary/aromatic N) is 4. The monoisotopic (exact) mass is 724 g/mol. The summed E-state index contributed by atoms with van der Waals surface area (Å²) in [4.78, 5) is 26.7. The van der Waals surface area contributed by atoms with Gasteiger partial charge in [0.2, 0.25) is 15.0 Å². The number of carbonyl (C=O) groups excluding carboxylic acids is 1. The molecule has 1 fully saturated rings. The molecule has 270 valence electrons. The fraction of sp³-hybridized carbons (Fsp3) is 0.333. The molecule has 1 saturated heterocycles. The first-order chi connectivity index (χ1) is 24.9. The van der Waals surface area contributed by atoms with Crippen molar-refractivity contribution in [2.45, 2.75) is 82.9 Å². The standard InChI is InChI=1S/C39H42BFN4O6S/c1-5-24-52(47,48)38-42-22-20-33(43-38)36-35(27-16-18-30(41)19-17-27)44-37(28-12-8-6-9-13-28)45(36)23-21-31-25-32(26-34(46)49-39(2,3)4)51-40(50-31)29-14-10-7-11-15-29/h6-20,22,31-32H,5,21,23-26H2,1-4H3. The Hall–Kier alpha value is -4.72. The lowest BCUT2D eigenvalue weighted by molar-refractivity contribution is -0.157. The summed E-state index contributed by atoms with van der Waals surface area (Å²) in [6, 6.07) is 26.9. The molecule has 1 aliphatic rings. The third-order valence-corrected chi connectivity index (χ3v) is 10.2. The zero-order valence-corrected chi connectivity index (χ0v) is 30.6. The molecular formula is C39H42BFN4O6S. The molecule has 13 heteroatoms. The number of carbonyl (C=O) groups is 1. The molecule has 0 aliphatic carbocycles. The lowest BCUT2D eigenvalue weighted by atomic mass is 9.76. The minimum atomic E-state index is -3.74. The molecule has 0 saturated carbocycles. The van der Waals surface area contributed by atoms with Crippen LogP contribution in [-0.2, 0) is 35.2 Å². The SMILES string of the molecule is CCCS(=O)(=O)c1nccc(-c2c(-c3ccc(F)cc3)nc(-c3ccccc3)n2CCC2CC(CC(=O)OC(C)(C)C)OB(c3ccccc3)O2)n1. The summed E-state index contributed by atoms with van der Waals surface area (Å²) < 4.78 is 60.9. The second-order valence-corrected chi connectivity index (χ2v) is 15.8. The van der Waals surface area contributed by atoms with Crippen LogP contribution in [-0.4, -0.2) is 64.6 Å². The number of halogens is 1.